The predicted molar refractivity (Wildman–Crippen MR) is 108 cm³/mol. The third-order valence-corrected chi connectivity index (χ3v) is 5.12. The number of rotatable bonds is 7. The lowest BCUT2D eigenvalue weighted by molar-refractivity contribution is -0.0261. The summed E-state index contributed by atoms with van der Waals surface area (Å²) in [4.78, 5) is 17.4. The van der Waals surface area contributed by atoms with E-state index < -0.39 is 0 Å². The van der Waals surface area contributed by atoms with Crippen LogP contribution in [0.2, 0.25) is 0 Å². The average molecular weight is 391 g/mol. The number of anilines is 1. The lowest BCUT2D eigenvalue weighted by Crippen LogP contribution is -2.41. The second-order valence-electron chi connectivity index (χ2n) is 7.06. The summed E-state index contributed by atoms with van der Waals surface area (Å²) in [6.45, 7) is 1.27. The zero-order valence-corrected chi connectivity index (χ0v) is 16.0. The molecule has 0 amide bonds. The van der Waals surface area contributed by atoms with Crippen LogP contribution in [0, 0.1) is 0 Å². The van der Waals surface area contributed by atoms with Crippen molar-refractivity contribution < 1.29 is 9.47 Å². The predicted octanol–water partition coefficient (Wildman–Crippen LogP) is 2.34. The second kappa shape index (κ2) is 7.69. The molecule has 0 unspecified atom stereocenters. The van der Waals surface area contributed by atoms with E-state index in [0.29, 0.717) is 30.9 Å². The summed E-state index contributed by atoms with van der Waals surface area (Å²) >= 11 is 0. The van der Waals surface area contributed by atoms with Crippen molar-refractivity contribution in [3.05, 3.63) is 43.1 Å². The molecule has 1 saturated carbocycles. The molecule has 1 N–H and O–H groups in total. The van der Waals surface area contributed by atoms with Gasteiger partial charge in [-0.2, -0.15) is 0 Å². The molecule has 0 aliphatic heterocycles. The Bertz CT molecular complexity index is 1140. The highest BCUT2D eigenvalue weighted by Gasteiger charge is 2.30. The Morgan fingerprint density at radius 2 is 2.00 bits per heavy atom. The van der Waals surface area contributed by atoms with Crippen LogP contribution >= 0.6 is 0 Å². The number of nitrogens with one attached hydrogen (secondary N) is 1. The normalized spacial score (nSPS) is 18.8. The molecule has 9 nitrogen and oxygen atoms in total. The van der Waals surface area contributed by atoms with Gasteiger partial charge >= 0.3 is 0 Å². The molecule has 0 radical (unpaired) electrons. The van der Waals surface area contributed by atoms with Gasteiger partial charge in [0, 0.05) is 49.1 Å². The topological polar surface area (TPSA) is 99.3 Å². The third-order valence-electron chi connectivity index (χ3n) is 5.12. The fourth-order valence-corrected chi connectivity index (χ4v) is 3.52. The van der Waals surface area contributed by atoms with Crippen molar-refractivity contribution >= 4 is 22.6 Å². The van der Waals surface area contributed by atoms with Crippen molar-refractivity contribution in [1.82, 2.24) is 29.5 Å². The largest absolute Gasteiger partial charge is 0.382 e. The lowest BCUT2D eigenvalue weighted by Gasteiger charge is -2.35. The molecule has 1 aliphatic carbocycles. The fraction of sp³-hybridized carbons (Fsp3) is 0.350. The molecule has 4 aromatic rings. The maximum Gasteiger partial charge on any atom is 0.241 e. The number of methoxy groups -OCH3 is 1. The van der Waals surface area contributed by atoms with Crippen molar-refractivity contribution in [3.63, 3.8) is 0 Å². The van der Waals surface area contributed by atoms with Gasteiger partial charge in [0.15, 0.2) is 5.65 Å². The molecule has 0 atom stereocenters. The standard InChI is InChI=1S/C20H21N7O2/c1-28-6-7-29-15-9-14(10-15)25-20-24-12-18-16(2-5-27(18)26-20)13-8-17-19(23-11-13)22-4-3-21-17/h2-5,8,11-12,14-15H,6-7,9-10H2,1H3,(H,25,26). The van der Waals surface area contributed by atoms with Crippen LogP contribution in [0.15, 0.2) is 43.1 Å². The minimum Gasteiger partial charge on any atom is -0.382 e. The van der Waals surface area contributed by atoms with Gasteiger partial charge in [-0.3, -0.25) is 4.98 Å². The molecule has 5 rings (SSSR count). The number of pyridine rings is 1. The van der Waals surface area contributed by atoms with Crippen molar-refractivity contribution in [2.45, 2.75) is 25.0 Å². The molecular formula is C20H21N7O2. The van der Waals surface area contributed by atoms with E-state index in [2.05, 4.69) is 30.4 Å². The summed E-state index contributed by atoms with van der Waals surface area (Å²) in [5.41, 5.74) is 4.27. The van der Waals surface area contributed by atoms with Crippen LogP contribution in [0.1, 0.15) is 12.8 Å². The maximum atomic E-state index is 5.71. The van der Waals surface area contributed by atoms with E-state index in [1.54, 1.807) is 25.7 Å². The van der Waals surface area contributed by atoms with E-state index in [4.69, 9.17) is 9.47 Å². The van der Waals surface area contributed by atoms with E-state index in [1.165, 1.54) is 0 Å². The van der Waals surface area contributed by atoms with Crippen molar-refractivity contribution in [2.75, 3.05) is 25.6 Å². The maximum absolute atomic E-state index is 5.71. The molecule has 0 aromatic carbocycles. The SMILES string of the molecule is COCCOC1CC(Nc2ncc3c(-c4cnc5nccnc5c4)ccn3n2)C1. The number of ether oxygens (including phenoxy) is 2. The summed E-state index contributed by atoms with van der Waals surface area (Å²) in [7, 11) is 1.68. The van der Waals surface area contributed by atoms with Gasteiger partial charge < -0.3 is 14.8 Å². The van der Waals surface area contributed by atoms with Crippen LogP contribution in [-0.4, -0.2) is 62.0 Å². The highest BCUT2D eigenvalue weighted by Crippen LogP contribution is 2.28. The van der Waals surface area contributed by atoms with Crippen LogP contribution in [0.3, 0.4) is 0 Å². The first-order chi connectivity index (χ1) is 14.3. The number of hydrogen-bond donors (Lipinski definition) is 1. The molecule has 0 saturated heterocycles. The first kappa shape index (κ1) is 17.9. The van der Waals surface area contributed by atoms with E-state index in [9.17, 15) is 0 Å². The highest BCUT2D eigenvalue weighted by atomic mass is 16.5. The highest BCUT2D eigenvalue weighted by molar-refractivity contribution is 5.84. The minimum atomic E-state index is 0.285. The molecule has 9 heteroatoms. The van der Waals surface area contributed by atoms with E-state index in [-0.39, 0.29) is 6.10 Å². The molecule has 0 bridgehead atoms. The minimum absolute atomic E-state index is 0.285. The Morgan fingerprint density at radius 1 is 1.10 bits per heavy atom. The monoisotopic (exact) mass is 391 g/mol. The Balaban J connectivity index is 1.30. The van der Waals surface area contributed by atoms with Gasteiger partial charge in [-0.15, -0.1) is 5.10 Å². The number of aromatic nitrogens is 6. The summed E-state index contributed by atoms with van der Waals surface area (Å²) in [5, 5.41) is 7.97. The molecule has 4 aromatic heterocycles. The third kappa shape index (κ3) is 3.62. The molecule has 0 spiro atoms. The van der Waals surface area contributed by atoms with Crippen molar-refractivity contribution in [3.8, 4) is 11.1 Å². The summed E-state index contributed by atoms with van der Waals surface area (Å²) in [5.74, 6) is 0.613. The van der Waals surface area contributed by atoms with Crippen molar-refractivity contribution in [2.24, 2.45) is 0 Å². The summed E-state index contributed by atoms with van der Waals surface area (Å²) < 4.78 is 12.5. The van der Waals surface area contributed by atoms with Gasteiger partial charge in [-0.25, -0.2) is 19.5 Å². The Morgan fingerprint density at radius 3 is 2.90 bits per heavy atom. The van der Waals surface area contributed by atoms with Crippen LogP contribution in [0.25, 0.3) is 27.8 Å². The van der Waals surface area contributed by atoms with Crippen molar-refractivity contribution in [1.29, 1.82) is 0 Å². The quantitative estimate of drug-likeness (QED) is 0.479. The second-order valence-corrected chi connectivity index (χ2v) is 7.06. The van der Waals surface area contributed by atoms with E-state index >= 15 is 0 Å². The smallest absolute Gasteiger partial charge is 0.241 e. The van der Waals surface area contributed by atoms with Crippen LogP contribution in [-0.2, 0) is 9.47 Å². The van der Waals surface area contributed by atoms with E-state index in [1.807, 2.05) is 29.0 Å². The fourth-order valence-electron chi connectivity index (χ4n) is 3.52. The first-order valence-electron chi connectivity index (χ1n) is 9.59. The van der Waals surface area contributed by atoms with Gasteiger partial charge in [0.25, 0.3) is 0 Å². The average Bonchev–Trinajstić information content (AvgIpc) is 3.15. The van der Waals surface area contributed by atoms with Gasteiger partial charge in [0.05, 0.1) is 31.0 Å². The Hall–Kier alpha value is -3.17. The molecule has 1 fully saturated rings. The summed E-state index contributed by atoms with van der Waals surface area (Å²) in [6, 6.07) is 4.32. The molecular weight excluding hydrogens is 370 g/mol. The molecule has 29 heavy (non-hydrogen) atoms. The number of nitrogens with zero attached hydrogens (tertiary/aromatic N) is 6. The van der Waals surface area contributed by atoms with Gasteiger partial charge in [-0.1, -0.05) is 0 Å². The number of hydrogen-bond acceptors (Lipinski definition) is 8. The Kier molecular flexibility index (Phi) is 4.74. The van der Waals surface area contributed by atoms with Crippen LogP contribution in [0.4, 0.5) is 5.95 Å². The zero-order chi connectivity index (χ0) is 19.6. The van der Waals surface area contributed by atoms with E-state index in [0.717, 1.165) is 35.0 Å². The lowest BCUT2D eigenvalue weighted by atomic mass is 9.89. The van der Waals surface area contributed by atoms with Gasteiger partial charge in [0.1, 0.15) is 5.52 Å². The number of fused-ring (bicyclic) bond motifs is 2. The van der Waals surface area contributed by atoms with Crippen LogP contribution < -0.4 is 5.32 Å². The summed E-state index contributed by atoms with van der Waals surface area (Å²) in [6.07, 6.45) is 11.1. The molecule has 148 valence electrons. The van der Waals surface area contributed by atoms with Gasteiger partial charge in [0.2, 0.25) is 5.95 Å². The Labute approximate surface area is 167 Å². The first-order valence-corrected chi connectivity index (χ1v) is 9.59. The molecule has 4 heterocycles. The van der Waals surface area contributed by atoms with Gasteiger partial charge in [-0.05, 0) is 25.0 Å². The van der Waals surface area contributed by atoms with Crippen LogP contribution in [0.5, 0.6) is 0 Å². The zero-order valence-electron chi connectivity index (χ0n) is 16.0. The molecule has 1 aliphatic rings.